The number of carbonyl (C=O) groups is 3. The molecule has 1 N–H and O–H groups in total. The Labute approximate surface area is 193 Å². The Hall–Kier alpha value is -4.73. The number of anilines is 1. The number of imide groups is 2. The number of non-ortho nitro benzene ring substituents is 1. The standard InChI is InChI=1S/C24H19N3O7/c1-3-33-21-7-5-4-6-19(21)26-23(29)18(22(28)25-24(26)30)13-16-9-11-20(34-16)17-10-8-15(27(31)32)12-14(17)2/h4-13H,3H2,1-2H3,(H,25,28,30)/b18-13-. The Morgan fingerprint density at radius 1 is 1.12 bits per heavy atom. The van der Waals surface area contributed by atoms with Crippen LogP contribution in [-0.2, 0) is 9.59 Å². The van der Waals surface area contributed by atoms with E-state index in [1.807, 2.05) is 0 Å². The van der Waals surface area contributed by atoms with Crippen molar-refractivity contribution in [2.24, 2.45) is 0 Å². The van der Waals surface area contributed by atoms with Crippen LogP contribution in [0.25, 0.3) is 17.4 Å². The molecule has 1 fully saturated rings. The van der Waals surface area contributed by atoms with Gasteiger partial charge in [-0.1, -0.05) is 12.1 Å². The summed E-state index contributed by atoms with van der Waals surface area (Å²) in [6.45, 7) is 3.80. The summed E-state index contributed by atoms with van der Waals surface area (Å²) in [4.78, 5) is 49.4. The van der Waals surface area contributed by atoms with Crippen LogP contribution in [0.1, 0.15) is 18.2 Å². The number of hydrogen-bond acceptors (Lipinski definition) is 7. The molecule has 4 amide bonds. The third-order valence-corrected chi connectivity index (χ3v) is 5.11. The van der Waals surface area contributed by atoms with Crippen LogP contribution in [0.2, 0.25) is 0 Å². The SMILES string of the molecule is CCOc1ccccc1N1C(=O)NC(=O)/C(=C/c2ccc(-c3ccc([N+](=O)[O-])cc3C)o2)C1=O. The van der Waals surface area contributed by atoms with Crippen LogP contribution < -0.4 is 15.0 Å². The first-order chi connectivity index (χ1) is 16.3. The first-order valence-corrected chi connectivity index (χ1v) is 10.3. The molecule has 0 atom stereocenters. The lowest BCUT2D eigenvalue weighted by Crippen LogP contribution is -2.54. The summed E-state index contributed by atoms with van der Waals surface area (Å²) < 4.78 is 11.3. The molecule has 1 saturated heterocycles. The second-order valence-corrected chi connectivity index (χ2v) is 7.32. The molecule has 172 valence electrons. The van der Waals surface area contributed by atoms with Crippen molar-refractivity contribution < 1.29 is 28.5 Å². The largest absolute Gasteiger partial charge is 0.492 e. The second kappa shape index (κ2) is 9.02. The average Bonchev–Trinajstić information content (AvgIpc) is 3.26. The van der Waals surface area contributed by atoms with Crippen LogP contribution in [-0.4, -0.2) is 29.4 Å². The summed E-state index contributed by atoms with van der Waals surface area (Å²) in [6, 6.07) is 13.1. The van der Waals surface area contributed by atoms with Crippen molar-refractivity contribution in [3.8, 4) is 17.1 Å². The molecule has 3 aromatic rings. The number of urea groups is 1. The van der Waals surface area contributed by atoms with Crippen molar-refractivity contribution in [1.29, 1.82) is 0 Å². The lowest BCUT2D eigenvalue weighted by Gasteiger charge is -2.27. The van der Waals surface area contributed by atoms with Gasteiger partial charge in [-0.2, -0.15) is 0 Å². The molecule has 0 aliphatic carbocycles. The quantitative estimate of drug-likeness (QED) is 0.251. The molecule has 1 aliphatic rings. The number of amides is 4. The van der Waals surface area contributed by atoms with E-state index < -0.39 is 22.8 Å². The number of benzene rings is 2. The van der Waals surface area contributed by atoms with Gasteiger partial charge in [0, 0.05) is 17.7 Å². The van der Waals surface area contributed by atoms with Crippen molar-refractivity contribution in [2.45, 2.75) is 13.8 Å². The van der Waals surface area contributed by atoms with E-state index in [2.05, 4.69) is 5.32 Å². The fourth-order valence-electron chi connectivity index (χ4n) is 3.55. The minimum atomic E-state index is -0.888. The van der Waals surface area contributed by atoms with Crippen molar-refractivity contribution in [3.63, 3.8) is 0 Å². The summed E-state index contributed by atoms with van der Waals surface area (Å²) >= 11 is 0. The molecule has 2 aromatic carbocycles. The fourth-order valence-corrected chi connectivity index (χ4v) is 3.55. The third-order valence-electron chi connectivity index (χ3n) is 5.11. The zero-order chi connectivity index (χ0) is 24.4. The topological polar surface area (TPSA) is 132 Å². The molecule has 0 spiro atoms. The van der Waals surface area contributed by atoms with Crippen LogP contribution in [0.5, 0.6) is 5.75 Å². The van der Waals surface area contributed by atoms with Gasteiger partial charge in [0.05, 0.1) is 17.2 Å². The zero-order valence-electron chi connectivity index (χ0n) is 18.2. The van der Waals surface area contributed by atoms with Crippen LogP contribution in [0.15, 0.2) is 64.6 Å². The van der Waals surface area contributed by atoms with Gasteiger partial charge in [0.2, 0.25) is 0 Å². The number of furan rings is 1. The van der Waals surface area contributed by atoms with Gasteiger partial charge in [-0.15, -0.1) is 0 Å². The number of nitrogens with zero attached hydrogens (tertiary/aromatic N) is 2. The summed E-state index contributed by atoms with van der Waals surface area (Å²) in [5, 5.41) is 13.1. The van der Waals surface area contributed by atoms with Gasteiger partial charge in [-0.3, -0.25) is 25.0 Å². The molecule has 0 saturated carbocycles. The monoisotopic (exact) mass is 461 g/mol. The minimum Gasteiger partial charge on any atom is -0.492 e. The number of nitro benzene ring substituents is 1. The molecule has 0 unspecified atom stereocenters. The summed E-state index contributed by atoms with van der Waals surface area (Å²) in [6.07, 6.45) is 1.24. The fraction of sp³-hybridized carbons (Fsp3) is 0.125. The molecular weight excluding hydrogens is 442 g/mol. The Balaban J connectivity index is 1.68. The predicted molar refractivity (Wildman–Crippen MR) is 122 cm³/mol. The molecule has 1 aliphatic heterocycles. The van der Waals surface area contributed by atoms with Gasteiger partial charge >= 0.3 is 6.03 Å². The van der Waals surface area contributed by atoms with Crippen LogP contribution >= 0.6 is 0 Å². The highest BCUT2D eigenvalue weighted by atomic mass is 16.6. The van der Waals surface area contributed by atoms with E-state index in [4.69, 9.17) is 9.15 Å². The maximum absolute atomic E-state index is 13.2. The van der Waals surface area contributed by atoms with E-state index in [0.29, 0.717) is 29.2 Å². The Morgan fingerprint density at radius 3 is 2.59 bits per heavy atom. The Kier molecular flexibility index (Phi) is 5.96. The van der Waals surface area contributed by atoms with Crippen molar-refractivity contribution >= 4 is 35.3 Å². The second-order valence-electron chi connectivity index (χ2n) is 7.32. The summed E-state index contributed by atoms with van der Waals surface area (Å²) in [5.41, 5.74) is 1.10. The summed E-state index contributed by atoms with van der Waals surface area (Å²) in [7, 11) is 0. The number of barbiturate groups is 1. The molecule has 2 heterocycles. The molecular formula is C24H19N3O7. The van der Waals surface area contributed by atoms with Gasteiger partial charge in [0.1, 0.15) is 22.8 Å². The van der Waals surface area contributed by atoms with Crippen LogP contribution in [0.4, 0.5) is 16.2 Å². The number of hydrogen-bond donors (Lipinski definition) is 1. The molecule has 1 aromatic heterocycles. The van der Waals surface area contributed by atoms with E-state index in [0.717, 1.165) is 4.90 Å². The average molecular weight is 461 g/mol. The predicted octanol–water partition coefficient (Wildman–Crippen LogP) is 4.23. The van der Waals surface area contributed by atoms with Gasteiger partial charge in [-0.05, 0) is 55.8 Å². The van der Waals surface area contributed by atoms with E-state index in [-0.39, 0.29) is 22.7 Å². The van der Waals surface area contributed by atoms with Gasteiger partial charge in [-0.25, -0.2) is 9.69 Å². The highest BCUT2D eigenvalue weighted by molar-refractivity contribution is 6.39. The van der Waals surface area contributed by atoms with Crippen molar-refractivity contribution in [3.05, 3.63) is 81.6 Å². The number of nitro groups is 1. The molecule has 4 rings (SSSR count). The lowest BCUT2D eigenvalue weighted by molar-refractivity contribution is -0.384. The molecule has 10 heteroatoms. The van der Waals surface area contributed by atoms with E-state index in [1.165, 1.54) is 24.3 Å². The Morgan fingerprint density at radius 2 is 1.88 bits per heavy atom. The molecule has 0 radical (unpaired) electrons. The highest BCUT2D eigenvalue weighted by Gasteiger charge is 2.38. The minimum absolute atomic E-state index is 0.0447. The van der Waals surface area contributed by atoms with Gasteiger partial charge in [0.25, 0.3) is 17.5 Å². The first-order valence-electron chi connectivity index (χ1n) is 10.3. The van der Waals surface area contributed by atoms with E-state index >= 15 is 0 Å². The number of rotatable bonds is 6. The summed E-state index contributed by atoms with van der Waals surface area (Å²) in [5.74, 6) is -0.776. The van der Waals surface area contributed by atoms with Crippen LogP contribution in [0.3, 0.4) is 0 Å². The lowest BCUT2D eigenvalue weighted by atomic mass is 10.1. The van der Waals surface area contributed by atoms with E-state index in [1.54, 1.807) is 50.2 Å². The van der Waals surface area contributed by atoms with Gasteiger partial charge in [0.15, 0.2) is 0 Å². The maximum Gasteiger partial charge on any atom is 0.336 e. The number of ether oxygens (including phenoxy) is 1. The van der Waals surface area contributed by atoms with Crippen LogP contribution in [0, 0.1) is 17.0 Å². The smallest absolute Gasteiger partial charge is 0.336 e. The molecule has 34 heavy (non-hydrogen) atoms. The Bertz CT molecular complexity index is 1360. The normalized spacial score (nSPS) is 14.9. The molecule has 10 nitrogen and oxygen atoms in total. The first kappa shape index (κ1) is 22.5. The maximum atomic E-state index is 13.2. The molecule has 0 bridgehead atoms. The van der Waals surface area contributed by atoms with Crippen molar-refractivity contribution in [1.82, 2.24) is 5.32 Å². The number of para-hydroxylation sites is 2. The number of aryl methyl sites for hydroxylation is 1. The zero-order valence-corrected chi connectivity index (χ0v) is 18.2. The van der Waals surface area contributed by atoms with E-state index in [9.17, 15) is 24.5 Å². The van der Waals surface area contributed by atoms with Gasteiger partial charge < -0.3 is 9.15 Å². The number of carbonyl (C=O) groups excluding carboxylic acids is 3. The van der Waals surface area contributed by atoms with Crippen molar-refractivity contribution in [2.75, 3.05) is 11.5 Å². The highest BCUT2D eigenvalue weighted by Crippen LogP contribution is 2.32. The third kappa shape index (κ3) is 4.16. The number of nitrogens with one attached hydrogen (secondary N) is 1.